The smallest absolute Gasteiger partial charge is 0.339 e. The third-order valence-corrected chi connectivity index (χ3v) is 2.11. The van der Waals surface area contributed by atoms with Crippen LogP contribution in [0, 0.1) is 6.92 Å². The Morgan fingerprint density at radius 3 is 2.71 bits per heavy atom. The average Bonchev–Trinajstić information content (AvgIpc) is 2.59. The zero-order valence-electron chi connectivity index (χ0n) is 9.17. The normalized spacial score (nSPS) is 11.8. The van der Waals surface area contributed by atoms with Gasteiger partial charge in [0, 0.05) is 0 Å². The predicted molar refractivity (Wildman–Crippen MR) is 54.1 cm³/mol. The molecule has 0 aliphatic heterocycles. The summed E-state index contributed by atoms with van der Waals surface area (Å²) in [6, 6.07) is 1.28. The van der Waals surface area contributed by atoms with Crippen LogP contribution in [0.5, 0.6) is 0 Å². The maximum Gasteiger partial charge on any atom is 0.339 e. The summed E-state index contributed by atoms with van der Waals surface area (Å²) in [5.41, 5.74) is 0.00992. The maximum absolute atomic E-state index is 12.6. The molecule has 1 heterocycles. The second kappa shape index (κ2) is 5.24. The van der Waals surface area contributed by atoms with E-state index in [1.54, 1.807) is 0 Å². The Hall–Kier alpha value is -1.47. The van der Waals surface area contributed by atoms with Crippen molar-refractivity contribution in [3.8, 4) is 0 Å². The molecule has 1 aromatic heterocycles. The number of hydrogen-bond acceptors (Lipinski definition) is 4. The Balaban J connectivity index is 2.53. The van der Waals surface area contributed by atoms with E-state index >= 15 is 0 Å². The molecule has 0 aromatic carbocycles. The van der Waals surface area contributed by atoms with Crippen LogP contribution in [0.15, 0.2) is 10.5 Å². The van der Waals surface area contributed by atoms with Crippen molar-refractivity contribution < 1.29 is 28.2 Å². The number of aryl methyl sites for hydroxylation is 1. The molecule has 0 fully saturated rings. The number of alkyl halides is 2. The lowest BCUT2D eigenvalue weighted by molar-refractivity contribution is -0.0479. The van der Waals surface area contributed by atoms with Gasteiger partial charge in [-0.25, -0.2) is 13.6 Å². The van der Waals surface area contributed by atoms with Gasteiger partial charge in [-0.05, 0) is 13.0 Å². The van der Waals surface area contributed by atoms with Crippen LogP contribution in [0.2, 0.25) is 0 Å². The maximum atomic E-state index is 12.6. The zero-order chi connectivity index (χ0) is 13.1. The topological polar surface area (TPSA) is 82.7 Å². The van der Waals surface area contributed by atoms with Gasteiger partial charge in [-0.15, -0.1) is 0 Å². The van der Waals surface area contributed by atoms with Crippen LogP contribution >= 0.6 is 0 Å². The van der Waals surface area contributed by atoms with Crippen LogP contribution in [-0.4, -0.2) is 35.3 Å². The Morgan fingerprint density at radius 2 is 2.24 bits per heavy atom. The van der Waals surface area contributed by atoms with E-state index in [0.717, 1.165) is 0 Å². The first-order valence-corrected chi connectivity index (χ1v) is 4.88. The third-order valence-electron chi connectivity index (χ3n) is 2.11. The molecule has 17 heavy (non-hydrogen) atoms. The highest BCUT2D eigenvalue weighted by atomic mass is 19.3. The van der Waals surface area contributed by atoms with Gasteiger partial charge in [-0.2, -0.15) is 0 Å². The lowest BCUT2D eigenvalue weighted by atomic mass is 10.2. The average molecular weight is 249 g/mol. The molecule has 1 rings (SSSR count). The molecule has 0 saturated heterocycles. The van der Waals surface area contributed by atoms with Crippen molar-refractivity contribution in [1.82, 2.24) is 5.32 Å². The summed E-state index contributed by atoms with van der Waals surface area (Å²) in [6.07, 6.45) is 0. The van der Waals surface area contributed by atoms with Gasteiger partial charge in [0.25, 0.3) is 5.92 Å². The number of carbonyl (C=O) groups is 1. The predicted octanol–water partition coefficient (Wildman–Crippen LogP) is 1.00. The summed E-state index contributed by atoms with van der Waals surface area (Å²) < 4.78 is 30.3. The molecule has 1 aromatic rings. The molecule has 96 valence electrons. The minimum Gasteiger partial charge on any atom is -0.478 e. The molecular formula is C10H13F2NO4. The van der Waals surface area contributed by atoms with Crippen molar-refractivity contribution in [1.29, 1.82) is 0 Å². The Labute approximate surface area is 96.0 Å². The number of halogens is 2. The van der Waals surface area contributed by atoms with Crippen LogP contribution < -0.4 is 5.32 Å². The van der Waals surface area contributed by atoms with Gasteiger partial charge in [0.15, 0.2) is 0 Å². The van der Waals surface area contributed by atoms with Gasteiger partial charge in [0.2, 0.25) is 0 Å². The van der Waals surface area contributed by atoms with Gasteiger partial charge in [0.05, 0.1) is 13.1 Å². The summed E-state index contributed by atoms with van der Waals surface area (Å²) in [5, 5.41) is 19.4. The fourth-order valence-corrected chi connectivity index (χ4v) is 1.27. The Kier molecular flexibility index (Phi) is 4.19. The second-order valence-corrected chi connectivity index (χ2v) is 3.61. The quantitative estimate of drug-likeness (QED) is 0.700. The molecule has 5 nitrogen and oxygen atoms in total. The minimum atomic E-state index is -3.20. The van der Waals surface area contributed by atoms with Gasteiger partial charge in [0.1, 0.15) is 23.7 Å². The molecule has 3 N–H and O–H groups in total. The molecule has 0 aliphatic carbocycles. The van der Waals surface area contributed by atoms with E-state index in [2.05, 4.69) is 5.32 Å². The van der Waals surface area contributed by atoms with Crippen LogP contribution in [0.4, 0.5) is 8.78 Å². The van der Waals surface area contributed by atoms with E-state index < -0.39 is 25.0 Å². The van der Waals surface area contributed by atoms with Crippen molar-refractivity contribution in [2.24, 2.45) is 0 Å². The molecule has 0 radical (unpaired) electrons. The number of aliphatic hydroxyl groups is 1. The van der Waals surface area contributed by atoms with Gasteiger partial charge < -0.3 is 19.9 Å². The fourth-order valence-electron chi connectivity index (χ4n) is 1.27. The molecule has 0 amide bonds. The van der Waals surface area contributed by atoms with Crippen molar-refractivity contribution in [2.75, 3.05) is 13.2 Å². The first-order chi connectivity index (χ1) is 7.85. The molecule has 7 heteroatoms. The number of hydrogen-bond donors (Lipinski definition) is 3. The van der Waals surface area contributed by atoms with E-state index in [-0.39, 0.29) is 23.6 Å². The molecular weight excluding hydrogens is 236 g/mol. The number of aliphatic hydroxyl groups excluding tert-OH is 1. The summed E-state index contributed by atoms with van der Waals surface area (Å²) in [4.78, 5) is 10.7. The number of rotatable bonds is 6. The van der Waals surface area contributed by atoms with Gasteiger partial charge >= 0.3 is 5.97 Å². The molecule has 0 bridgehead atoms. The summed E-state index contributed by atoms with van der Waals surface area (Å²) in [6.45, 7) is -0.484. The van der Waals surface area contributed by atoms with E-state index in [4.69, 9.17) is 14.6 Å². The standard InChI is InChI=1S/C10H13F2NO4/c1-6-8(9(15)16)2-7(17-6)3-13-4-10(11,12)5-14/h2,13-14H,3-5H2,1H3,(H,15,16). The van der Waals surface area contributed by atoms with Crippen LogP contribution in [0.1, 0.15) is 21.9 Å². The van der Waals surface area contributed by atoms with Crippen molar-refractivity contribution >= 4 is 5.97 Å². The monoisotopic (exact) mass is 249 g/mol. The Bertz CT molecular complexity index is 403. The number of aromatic carboxylic acids is 1. The van der Waals surface area contributed by atoms with Crippen molar-refractivity contribution in [3.63, 3.8) is 0 Å². The van der Waals surface area contributed by atoms with E-state index in [0.29, 0.717) is 0 Å². The summed E-state index contributed by atoms with van der Waals surface area (Å²) >= 11 is 0. The number of carboxylic acid groups (broad SMARTS) is 1. The van der Waals surface area contributed by atoms with Crippen molar-refractivity contribution in [3.05, 3.63) is 23.2 Å². The largest absolute Gasteiger partial charge is 0.478 e. The SMILES string of the molecule is Cc1oc(CNCC(F)(F)CO)cc1C(=O)O. The first-order valence-electron chi connectivity index (χ1n) is 4.88. The van der Waals surface area contributed by atoms with E-state index in [1.807, 2.05) is 0 Å². The molecule has 0 aliphatic rings. The number of carboxylic acids is 1. The van der Waals surface area contributed by atoms with Gasteiger partial charge in [-0.3, -0.25) is 0 Å². The van der Waals surface area contributed by atoms with Gasteiger partial charge in [-0.1, -0.05) is 0 Å². The summed E-state index contributed by atoms with van der Waals surface area (Å²) in [7, 11) is 0. The highest BCUT2D eigenvalue weighted by molar-refractivity contribution is 5.88. The van der Waals surface area contributed by atoms with E-state index in [1.165, 1.54) is 13.0 Å². The molecule has 0 atom stereocenters. The zero-order valence-corrected chi connectivity index (χ0v) is 9.17. The highest BCUT2D eigenvalue weighted by Crippen LogP contribution is 2.15. The lowest BCUT2D eigenvalue weighted by Crippen LogP contribution is -2.35. The van der Waals surface area contributed by atoms with E-state index in [9.17, 15) is 13.6 Å². The van der Waals surface area contributed by atoms with Crippen LogP contribution in [0.3, 0.4) is 0 Å². The van der Waals surface area contributed by atoms with Crippen LogP contribution in [0.25, 0.3) is 0 Å². The third kappa shape index (κ3) is 3.79. The minimum absolute atomic E-state index is 0.00992. The lowest BCUT2D eigenvalue weighted by Gasteiger charge is -2.12. The number of nitrogens with one attached hydrogen (secondary N) is 1. The fraction of sp³-hybridized carbons (Fsp3) is 0.500. The number of furan rings is 1. The molecule has 0 spiro atoms. The van der Waals surface area contributed by atoms with Crippen molar-refractivity contribution in [2.45, 2.75) is 19.4 Å². The summed E-state index contributed by atoms with van der Waals surface area (Å²) in [5.74, 6) is -3.84. The second-order valence-electron chi connectivity index (χ2n) is 3.61. The molecule has 0 unspecified atom stereocenters. The molecule has 0 saturated carbocycles. The first kappa shape index (κ1) is 13.6. The van der Waals surface area contributed by atoms with Crippen LogP contribution in [-0.2, 0) is 6.54 Å². The Morgan fingerprint density at radius 1 is 1.59 bits per heavy atom. The highest BCUT2D eigenvalue weighted by Gasteiger charge is 2.27.